The van der Waals surface area contributed by atoms with Gasteiger partial charge in [0.15, 0.2) is 0 Å². The first kappa shape index (κ1) is 12.5. The van der Waals surface area contributed by atoms with Crippen LogP contribution in [-0.4, -0.2) is 49.6 Å². The van der Waals surface area contributed by atoms with Gasteiger partial charge in [0.2, 0.25) is 5.91 Å². The van der Waals surface area contributed by atoms with Crippen molar-refractivity contribution >= 4 is 5.91 Å². The van der Waals surface area contributed by atoms with Crippen LogP contribution in [0.3, 0.4) is 0 Å². The van der Waals surface area contributed by atoms with Gasteiger partial charge >= 0.3 is 0 Å². The molecule has 1 aliphatic heterocycles. The molecule has 4 nitrogen and oxygen atoms in total. The quantitative estimate of drug-likeness (QED) is 0.685. The summed E-state index contributed by atoms with van der Waals surface area (Å²) < 4.78 is 0. The Morgan fingerprint density at radius 2 is 2.33 bits per heavy atom. The van der Waals surface area contributed by atoms with E-state index in [0.29, 0.717) is 18.6 Å². The van der Waals surface area contributed by atoms with E-state index in [0.717, 1.165) is 25.9 Å². The third kappa shape index (κ3) is 4.62. The second kappa shape index (κ2) is 6.08. The predicted octanol–water partition coefficient (Wildman–Crippen LogP) is 0.195. The Labute approximate surface area is 92.4 Å². The molecule has 0 saturated carbocycles. The molecule has 2 atom stereocenters. The van der Waals surface area contributed by atoms with Gasteiger partial charge in [-0.1, -0.05) is 6.92 Å². The van der Waals surface area contributed by atoms with E-state index in [1.54, 1.807) is 0 Å². The molecule has 15 heavy (non-hydrogen) atoms. The van der Waals surface area contributed by atoms with Crippen molar-refractivity contribution in [2.24, 2.45) is 0 Å². The molecule has 0 aromatic carbocycles. The molecule has 0 aromatic heterocycles. The summed E-state index contributed by atoms with van der Waals surface area (Å²) in [7, 11) is 2.09. The lowest BCUT2D eigenvalue weighted by molar-refractivity contribution is -0.121. The van der Waals surface area contributed by atoms with E-state index < -0.39 is 0 Å². The van der Waals surface area contributed by atoms with Gasteiger partial charge in [-0.2, -0.15) is 0 Å². The summed E-state index contributed by atoms with van der Waals surface area (Å²) >= 11 is 0. The van der Waals surface area contributed by atoms with Gasteiger partial charge in [0.1, 0.15) is 0 Å². The van der Waals surface area contributed by atoms with Crippen molar-refractivity contribution in [1.82, 2.24) is 15.5 Å². The molecule has 1 heterocycles. The maximum absolute atomic E-state index is 11.5. The van der Waals surface area contributed by atoms with Gasteiger partial charge in [0.05, 0.1) is 6.54 Å². The fraction of sp³-hybridized carbons (Fsp3) is 0.909. The van der Waals surface area contributed by atoms with Crippen molar-refractivity contribution in [3.8, 4) is 0 Å². The molecule has 1 amide bonds. The fourth-order valence-corrected chi connectivity index (χ4v) is 1.74. The molecule has 1 fully saturated rings. The van der Waals surface area contributed by atoms with E-state index in [1.165, 1.54) is 0 Å². The number of likely N-dealkylation sites (N-methyl/N-ethyl adjacent to an activating group) is 1. The number of rotatable bonds is 5. The second-order valence-corrected chi connectivity index (χ2v) is 4.51. The fourth-order valence-electron chi connectivity index (χ4n) is 1.74. The molecule has 0 radical (unpaired) electrons. The third-order valence-corrected chi connectivity index (χ3v) is 2.98. The molecule has 2 unspecified atom stereocenters. The molecule has 4 heteroatoms. The van der Waals surface area contributed by atoms with Crippen LogP contribution < -0.4 is 10.6 Å². The zero-order valence-corrected chi connectivity index (χ0v) is 10.0. The summed E-state index contributed by atoms with van der Waals surface area (Å²) in [5, 5.41) is 6.24. The van der Waals surface area contributed by atoms with Gasteiger partial charge in [-0.15, -0.1) is 0 Å². The Morgan fingerprint density at radius 3 is 2.87 bits per heavy atom. The Morgan fingerprint density at radius 1 is 1.60 bits per heavy atom. The smallest absolute Gasteiger partial charge is 0.234 e. The summed E-state index contributed by atoms with van der Waals surface area (Å²) in [6.45, 7) is 6.71. The van der Waals surface area contributed by atoms with Crippen LogP contribution in [0.1, 0.15) is 26.7 Å². The first-order valence-electron chi connectivity index (χ1n) is 5.83. The molecule has 0 spiro atoms. The van der Waals surface area contributed by atoms with Gasteiger partial charge in [-0.3, -0.25) is 4.79 Å². The molecule has 0 aliphatic carbocycles. The van der Waals surface area contributed by atoms with Crippen LogP contribution in [0.5, 0.6) is 0 Å². The zero-order valence-electron chi connectivity index (χ0n) is 10.0. The van der Waals surface area contributed by atoms with Gasteiger partial charge in [0, 0.05) is 18.6 Å². The van der Waals surface area contributed by atoms with Crippen LogP contribution in [0.15, 0.2) is 0 Å². The lowest BCUT2D eigenvalue weighted by Crippen LogP contribution is -2.43. The SMILES string of the molecule is CCC(C)NCC(=O)NC1CCN(C)C1. The number of amides is 1. The van der Waals surface area contributed by atoms with Crippen LogP contribution >= 0.6 is 0 Å². The summed E-state index contributed by atoms with van der Waals surface area (Å²) in [5.41, 5.74) is 0. The van der Waals surface area contributed by atoms with Crippen molar-refractivity contribution in [3.05, 3.63) is 0 Å². The zero-order chi connectivity index (χ0) is 11.3. The lowest BCUT2D eigenvalue weighted by atomic mass is 10.2. The van der Waals surface area contributed by atoms with E-state index in [4.69, 9.17) is 0 Å². The minimum absolute atomic E-state index is 0.121. The van der Waals surface area contributed by atoms with Crippen LogP contribution in [0.4, 0.5) is 0 Å². The van der Waals surface area contributed by atoms with Crippen molar-refractivity contribution < 1.29 is 4.79 Å². The maximum atomic E-state index is 11.5. The minimum Gasteiger partial charge on any atom is -0.351 e. The van der Waals surface area contributed by atoms with Crippen LogP contribution in [0.25, 0.3) is 0 Å². The molecule has 88 valence electrons. The van der Waals surface area contributed by atoms with E-state index in [1.807, 2.05) is 0 Å². The number of carbonyl (C=O) groups is 1. The van der Waals surface area contributed by atoms with Crippen LogP contribution in [0, 0.1) is 0 Å². The second-order valence-electron chi connectivity index (χ2n) is 4.51. The molecule has 1 rings (SSSR count). The average Bonchev–Trinajstić information content (AvgIpc) is 2.60. The number of hydrogen-bond donors (Lipinski definition) is 2. The number of carbonyl (C=O) groups excluding carboxylic acids is 1. The Kier molecular flexibility index (Phi) is 5.05. The Bertz CT molecular complexity index is 208. The number of likely N-dealkylation sites (tertiary alicyclic amines) is 1. The summed E-state index contributed by atoms with van der Waals surface area (Å²) in [6.07, 6.45) is 2.13. The third-order valence-electron chi connectivity index (χ3n) is 2.98. The highest BCUT2D eigenvalue weighted by atomic mass is 16.2. The normalized spacial score (nSPS) is 24.1. The summed E-state index contributed by atoms with van der Waals surface area (Å²) in [5.74, 6) is 0.121. The monoisotopic (exact) mass is 213 g/mol. The Hall–Kier alpha value is -0.610. The predicted molar refractivity (Wildman–Crippen MR) is 61.8 cm³/mol. The van der Waals surface area contributed by atoms with Gasteiger partial charge in [-0.05, 0) is 33.4 Å². The number of hydrogen-bond acceptors (Lipinski definition) is 3. The van der Waals surface area contributed by atoms with Crippen molar-refractivity contribution in [2.75, 3.05) is 26.7 Å². The highest BCUT2D eigenvalue weighted by Crippen LogP contribution is 2.05. The molecular weight excluding hydrogens is 190 g/mol. The molecule has 1 aliphatic rings. The largest absolute Gasteiger partial charge is 0.351 e. The summed E-state index contributed by atoms with van der Waals surface area (Å²) in [6, 6.07) is 0.767. The average molecular weight is 213 g/mol. The first-order valence-corrected chi connectivity index (χ1v) is 5.83. The van der Waals surface area contributed by atoms with Gasteiger partial charge in [0.25, 0.3) is 0 Å². The van der Waals surface area contributed by atoms with Crippen molar-refractivity contribution in [1.29, 1.82) is 0 Å². The van der Waals surface area contributed by atoms with E-state index in [9.17, 15) is 4.79 Å². The van der Waals surface area contributed by atoms with E-state index in [2.05, 4.69) is 36.4 Å². The molecule has 2 N–H and O–H groups in total. The molecule has 0 bridgehead atoms. The van der Waals surface area contributed by atoms with Gasteiger partial charge in [-0.25, -0.2) is 0 Å². The van der Waals surface area contributed by atoms with E-state index in [-0.39, 0.29) is 5.91 Å². The van der Waals surface area contributed by atoms with Crippen molar-refractivity contribution in [2.45, 2.75) is 38.8 Å². The van der Waals surface area contributed by atoms with Gasteiger partial charge < -0.3 is 15.5 Å². The minimum atomic E-state index is 0.121. The van der Waals surface area contributed by atoms with Crippen LogP contribution in [0.2, 0.25) is 0 Å². The molecule has 0 aromatic rings. The highest BCUT2D eigenvalue weighted by Gasteiger charge is 2.20. The Balaban J connectivity index is 2.13. The summed E-state index contributed by atoms with van der Waals surface area (Å²) in [4.78, 5) is 13.8. The number of nitrogens with one attached hydrogen (secondary N) is 2. The lowest BCUT2D eigenvalue weighted by Gasteiger charge is -2.15. The standard InChI is InChI=1S/C11H23N3O/c1-4-9(2)12-7-11(15)13-10-5-6-14(3)8-10/h9-10,12H,4-8H2,1-3H3,(H,13,15). The first-order chi connectivity index (χ1) is 7.11. The highest BCUT2D eigenvalue weighted by molar-refractivity contribution is 5.78. The van der Waals surface area contributed by atoms with Crippen molar-refractivity contribution in [3.63, 3.8) is 0 Å². The maximum Gasteiger partial charge on any atom is 0.234 e. The topological polar surface area (TPSA) is 44.4 Å². The molecular formula is C11H23N3O. The number of nitrogens with zero attached hydrogens (tertiary/aromatic N) is 1. The molecule has 1 saturated heterocycles. The van der Waals surface area contributed by atoms with E-state index >= 15 is 0 Å². The van der Waals surface area contributed by atoms with Crippen LogP contribution in [-0.2, 0) is 4.79 Å².